The molecule has 0 bridgehead atoms. The lowest BCUT2D eigenvalue weighted by Gasteiger charge is -2.18. The molecule has 0 aliphatic rings. The lowest BCUT2D eigenvalue weighted by molar-refractivity contribution is 0.0909. The molecule has 2 aromatic heterocycles. The number of aliphatic hydroxyl groups excluding tert-OH is 1. The molecule has 6 nitrogen and oxygen atoms in total. The molecule has 6 heteroatoms. The average molecular weight is 304 g/mol. The number of aromatic nitrogens is 3. The third-order valence-electron chi connectivity index (χ3n) is 3.61. The summed E-state index contributed by atoms with van der Waals surface area (Å²) in [7, 11) is 0. The van der Waals surface area contributed by atoms with Gasteiger partial charge in [0.15, 0.2) is 5.65 Å². The minimum absolute atomic E-state index is 0.0757. The van der Waals surface area contributed by atoms with Gasteiger partial charge in [0.1, 0.15) is 5.56 Å². The Hall–Kier alpha value is -1.95. The quantitative estimate of drug-likeness (QED) is 0.882. The van der Waals surface area contributed by atoms with Gasteiger partial charge in [-0.1, -0.05) is 13.8 Å². The van der Waals surface area contributed by atoms with E-state index in [1.807, 2.05) is 19.9 Å². The Morgan fingerprint density at radius 2 is 2.05 bits per heavy atom. The number of nitrogens with zero attached hydrogens (tertiary/aromatic N) is 3. The molecular formula is C16H24N4O2. The predicted molar refractivity (Wildman–Crippen MR) is 85.0 cm³/mol. The van der Waals surface area contributed by atoms with Gasteiger partial charge in [-0.3, -0.25) is 4.79 Å². The van der Waals surface area contributed by atoms with Crippen molar-refractivity contribution >= 4 is 11.6 Å². The monoisotopic (exact) mass is 304 g/mol. The van der Waals surface area contributed by atoms with E-state index in [2.05, 4.69) is 29.2 Å². The Bertz CT molecular complexity index is 691. The van der Waals surface area contributed by atoms with Crippen LogP contribution in [0.25, 0.3) is 5.65 Å². The van der Waals surface area contributed by atoms with Crippen molar-refractivity contribution < 1.29 is 9.90 Å². The summed E-state index contributed by atoms with van der Waals surface area (Å²) in [5.41, 5.74) is 3.47. The maximum absolute atomic E-state index is 12.6. The summed E-state index contributed by atoms with van der Waals surface area (Å²) in [5.74, 6) is 0.162. The molecule has 2 aromatic rings. The molecule has 120 valence electrons. The molecule has 0 aliphatic heterocycles. The van der Waals surface area contributed by atoms with E-state index < -0.39 is 0 Å². The van der Waals surface area contributed by atoms with Crippen LogP contribution in [0.15, 0.2) is 6.07 Å². The Morgan fingerprint density at radius 1 is 1.36 bits per heavy atom. The van der Waals surface area contributed by atoms with Gasteiger partial charge in [0.05, 0.1) is 18.3 Å². The number of amides is 1. The maximum atomic E-state index is 12.6. The van der Waals surface area contributed by atoms with E-state index in [-0.39, 0.29) is 18.6 Å². The molecule has 2 heterocycles. The molecule has 0 saturated carbocycles. The van der Waals surface area contributed by atoms with Gasteiger partial charge in [-0.15, -0.1) is 0 Å². The third kappa shape index (κ3) is 3.27. The highest BCUT2D eigenvalue weighted by Gasteiger charge is 2.22. The molecule has 1 atom stereocenters. The molecule has 1 amide bonds. The van der Waals surface area contributed by atoms with Crippen LogP contribution in [0.4, 0.5) is 0 Å². The zero-order valence-electron chi connectivity index (χ0n) is 13.8. The van der Waals surface area contributed by atoms with E-state index in [4.69, 9.17) is 0 Å². The highest BCUT2D eigenvalue weighted by Crippen LogP contribution is 2.16. The van der Waals surface area contributed by atoms with Crippen LogP contribution in [-0.4, -0.2) is 38.3 Å². The highest BCUT2D eigenvalue weighted by atomic mass is 16.3. The second kappa shape index (κ2) is 6.44. The summed E-state index contributed by atoms with van der Waals surface area (Å²) in [6.07, 6.45) is 0.728. The largest absolute Gasteiger partial charge is 0.394 e. The number of hydrogen-bond acceptors (Lipinski definition) is 4. The van der Waals surface area contributed by atoms with Gasteiger partial charge in [-0.05, 0) is 39.2 Å². The van der Waals surface area contributed by atoms with Gasteiger partial charge in [-0.2, -0.15) is 5.10 Å². The van der Waals surface area contributed by atoms with E-state index >= 15 is 0 Å². The molecule has 0 aliphatic carbocycles. The Kier molecular flexibility index (Phi) is 4.81. The van der Waals surface area contributed by atoms with Crippen LogP contribution < -0.4 is 5.32 Å². The Labute approximate surface area is 130 Å². The van der Waals surface area contributed by atoms with Gasteiger partial charge >= 0.3 is 0 Å². The van der Waals surface area contributed by atoms with Crippen molar-refractivity contribution in [3.8, 4) is 0 Å². The smallest absolute Gasteiger partial charge is 0.257 e. The number of carbonyl (C=O) groups is 1. The molecule has 0 fully saturated rings. The third-order valence-corrected chi connectivity index (χ3v) is 3.61. The number of nitrogens with one attached hydrogen (secondary N) is 1. The second-order valence-corrected chi connectivity index (χ2v) is 6.22. The van der Waals surface area contributed by atoms with Crippen LogP contribution in [0.5, 0.6) is 0 Å². The van der Waals surface area contributed by atoms with Gasteiger partial charge in [0.25, 0.3) is 5.91 Å². The van der Waals surface area contributed by atoms with E-state index in [0.29, 0.717) is 22.8 Å². The zero-order chi connectivity index (χ0) is 16.4. The highest BCUT2D eigenvalue weighted by molar-refractivity contribution is 6.01. The van der Waals surface area contributed by atoms with Crippen LogP contribution in [0.2, 0.25) is 0 Å². The van der Waals surface area contributed by atoms with Crippen LogP contribution in [0.3, 0.4) is 0 Å². The average Bonchev–Trinajstić information content (AvgIpc) is 2.74. The number of aliphatic hydroxyl groups is 1. The van der Waals surface area contributed by atoms with E-state index in [9.17, 15) is 9.90 Å². The molecule has 22 heavy (non-hydrogen) atoms. The summed E-state index contributed by atoms with van der Waals surface area (Å²) in [6, 6.07) is 1.67. The molecule has 2 N–H and O–H groups in total. The minimum Gasteiger partial charge on any atom is -0.394 e. The number of rotatable bonds is 5. The minimum atomic E-state index is -0.257. The fourth-order valence-electron chi connectivity index (χ4n) is 2.70. The zero-order valence-corrected chi connectivity index (χ0v) is 13.8. The van der Waals surface area contributed by atoms with Gasteiger partial charge in [-0.25, -0.2) is 9.50 Å². The second-order valence-electron chi connectivity index (χ2n) is 6.22. The summed E-state index contributed by atoms with van der Waals surface area (Å²) in [5, 5.41) is 16.7. The van der Waals surface area contributed by atoms with Crippen molar-refractivity contribution in [1.29, 1.82) is 0 Å². The van der Waals surface area contributed by atoms with Crippen molar-refractivity contribution in [2.45, 2.75) is 47.1 Å². The van der Waals surface area contributed by atoms with Crippen molar-refractivity contribution in [1.82, 2.24) is 19.9 Å². The van der Waals surface area contributed by atoms with Crippen LogP contribution in [0.1, 0.15) is 47.7 Å². The Balaban J connectivity index is 2.37. The first-order valence-corrected chi connectivity index (χ1v) is 7.58. The van der Waals surface area contributed by atoms with Gasteiger partial charge in [0.2, 0.25) is 0 Å². The van der Waals surface area contributed by atoms with E-state index in [1.165, 1.54) is 0 Å². The molecule has 0 radical (unpaired) electrons. The normalized spacial score (nSPS) is 12.9. The molecule has 1 unspecified atom stereocenters. The molecule has 0 aromatic carbocycles. The maximum Gasteiger partial charge on any atom is 0.257 e. The molecular weight excluding hydrogens is 280 g/mol. The number of carbonyl (C=O) groups excluding carboxylic acids is 1. The van der Waals surface area contributed by atoms with Crippen LogP contribution in [0, 0.1) is 26.7 Å². The van der Waals surface area contributed by atoms with Crippen LogP contribution in [-0.2, 0) is 0 Å². The summed E-state index contributed by atoms with van der Waals surface area (Å²) < 4.78 is 1.69. The molecule has 0 spiro atoms. The molecule has 0 saturated heterocycles. The van der Waals surface area contributed by atoms with E-state index in [0.717, 1.165) is 17.8 Å². The number of hydrogen-bond donors (Lipinski definition) is 2. The SMILES string of the molecule is Cc1cc(C)n2nc(C)c(C(=O)NC(CO)CC(C)C)c2n1. The van der Waals surface area contributed by atoms with Crippen molar-refractivity contribution in [2.75, 3.05) is 6.61 Å². The fourth-order valence-corrected chi connectivity index (χ4v) is 2.70. The number of aryl methyl sites for hydroxylation is 3. The lowest BCUT2D eigenvalue weighted by atomic mass is 10.0. The standard InChI is InChI=1S/C16H24N4O2/c1-9(2)6-13(8-21)18-16(22)14-12(5)19-20-11(4)7-10(3)17-15(14)20/h7,9,13,21H,6,8H2,1-5H3,(H,18,22). The van der Waals surface area contributed by atoms with E-state index in [1.54, 1.807) is 11.4 Å². The topological polar surface area (TPSA) is 79.5 Å². The van der Waals surface area contributed by atoms with Crippen molar-refractivity contribution in [2.24, 2.45) is 5.92 Å². The first-order valence-electron chi connectivity index (χ1n) is 7.58. The van der Waals surface area contributed by atoms with Gasteiger partial charge in [0, 0.05) is 11.4 Å². The first kappa shape index (κ1) is 16.4. The first-order chi connectivity index (χ1) is 10.3. The summed E-state index contributed by atoms with van der Waals surface area (Å²) >= 11 is 0. The number of fused-ring (bicyclic) bond motifs is 1. The fraction of sp³-hybridized carbons (Fsp3) is 0.562. The van der Waals surface area contributed by atoms with Gasteiger partial charge < -0.3 is 10.4 Å². The molecule has 2 rings (SSSR count). The summed E-state index contributed by atoms with van der Waals surface area (Å²) in [6.45, 7) is 9.67. The summed E-state index contributed by atoms with van der Waals surface area (Å²) in [4.78, 5) is 17.0. The van der Waals surface area contributed by atoms with Crippen LogP contribution >= 0.6 is 0 Å². The predicted octanol–water partition coefficient (Wildman–Crippen LogP) is 1.79. The lowest BCUT2D eigenvalue weighted by Crippen LogP contribution is -2.38. The Morgan fingerprint density at radius 3 is 2.64 bits per heavy atom. The van der Waals surface area contributed by atoms with Crippen molar-refractivity contribution in [3.63, 3.8) is 0 Å². The van der Waals surface area contributed by atoms with Crippen molar-refractivity contribution in [3.05, 3.63) is 28.7 Å².